The summed E-state index contributed by atoms with van der Waals surface area (Å²) >= 11 is 0. The van der Waals surface area contributed by atoms with Crippen LogP contribution in [0, 0.1) is 18.6 Å². The second kappa shape index (κ2) is 14.5. The van der Waals surface area contributed by atoms with Gasteiger partial charge in [0, 0.05) is 23.4 Å². The van der Waals surface area contributed by atoms with Gasteiger partial charge in [0.05, 0.1) is 34.9 Å². The van der Waals surface area contributed by atoms with E-state index in [4.69, 9.17) is 15.2 Å². The molecule has 2 fully saturated rings. The van der Waals surface area contributed by atoms with Gasteiger partial charge >= 0.3 is 12.1 Å². The minimum atomic E-state index is -0.916. The molecular formula is C46H35F2N7O6. The topological polar surface area (TPSA) is 165 Å². The lowest BCUT2D eigenvalue weighted by Crippen LogP contribution is -2.41. The zero-order chi connectivity index (χ0) is 42.1. The van der Waals surface area contributed by atoms with Crippen LogP contribution in [0.4, 0.5) is 29.9 Å². The van der Waals surface area contributed by atoms with Gasteiger partial charge in [-0.3, -0.25) is 9.59 Å². The number of ether oxygens (including phenoxy) is 2. The Kier molecular flexibility index (Phi) is 8.89. The molecule has 2 aromatic heterocycles. The van der Waals surface area contributed by atoms with Crippen LogP contribution in [0.2, 0.25) is 0 Å². The van der Waals surface area contributed by atoms with Gasteiger partial charge in [-0.05, 0) is 89.7 Å². The van der Waals surface area contributed by atoms with E-state index in [1.807, 2.05) is 48.5 Å². The molecule has 1 aliphatic carbocycles. The van der Waals surface area contributed by atoms with E-state index in [2.05, 4.69) is 15.4 Å². The number of aryl methyl sites for hydroxylation is 1. The predicted molar refractivity (Wildman–Crippen MR) is 221 cm³/mol. The molecule has 0 spiro atoms. The van der Waals surface area contributed by atoms with Crippen molar-refractivity contribution in [3.05, 3.63) is 155 Å². The van der Waals surface area contributed by atoms with Crippen molar-refractivity contribution >= 4 is 46.2 Å². The fourth-order valence-corrected chi connectivity index (χ4v) is 8.67. The number of aromatic nitrogens is 3. The van der Waals surface area contributed by atoms with Crippen molar-refractivity contribution in [3.63, 3.8) is 0 Å². The maximum absolute atomic E-state index is 15.7. The molecule has 2 aliphatic heterocycles. The Labute approximate surface area is 346 Å². The monoisotopic (exact) mass is 819 g/mol. The fraction of sp³-hybridized carbons (Fsp3) is 0.152. The number of nitrogen functional groups attached to an aromatic ring is 1. The summed E-state index contributed by atoms with van der Waals surface area (Å²) in [6, 6.07) is 28.8. The van der Waals surface area contributed by atoms with Crippen molar-refractivity contribution in [2.24, 2.45) is 0 Å². The zero-order valence-corrected chi connectivity index (χ0v) is 32.4. The van der Waals surface area contributed by atoms with E-state index in [0.717, 1.165) is 33.2 Å². The summed E-state index contributed by atoms with van der Waals surface area (Å²) in [5.74, 6) is -2.13. The highest BCUT2D eigenvalue weighted by Crippen LogP contribution is 2.44. The van der Waals surface area contributed by atoms with Gasteiger partial charge in [0.1, 0.15) is 30.0 Å². The summed E-state index contributed by atoms with van der Waals surface area (Å²) in [7, 11) is 0. The number of benzene rings is 5. The van der Waals surface area contributed by atoms with Crippen LogP contribution < -0.4 is 20.7 Å². The number of carbonyl (C=O) groups is 4. The zero-order valence-electron chi connectivity index (χ0n) is 32.4. The number of nitrogens with two attached hydrogens (primary N) is 1. The van der Waals surface area contributed by atoms with E-state index in [1.54, 1.807) is 37.3 Å². The number of halogens is 2. The van der Waals surface area contributed by atoms with Crippen LogP contribution in [0.1, 0.15) is 45.1 Å². The smallest absolute Gasteiger partial charge is 0.407 e. The SMILES string of the molecule is Cc1cc(Oc2ccccc2F)ccc1-n1ncc(C(=O)c2cc3cc(F)c(N4C(=O)[C@@H]5C[C@H](NC(=O)OCC6c7ccccc7-c7ccccc76)CN5C4=O)cc3[nH]2)c1N. The van der Waals surface area contributed by atoms with Crippen LogP contribution in [0.15, 0.2) is 115 Å². The Morgan fingerprint density at radius 1 is 0.885 bits per heavy atom. The number of ketones is 1. The largest absolute Gasteiger partial charge is 0.454 e. The lowest BCUT2D eigenvalue weighted by molar-refractivity contribution is -0.119. The average molecular weight is 820 g/mol. The third-order valence-electron chi connectivity index (χ3n) is 11.6. The molecule has 5 aromatic carbocycles. The van der Waals surface area contributed by atoms with Crippen LogP contribution in [0.25, 0.3) is 27.7 Å². The number of hydrogen-bond acceptors (Lipinski definition) is 8. The van der Waals surface area contributed by atoms with Crippen molar-refractivity contribution in [2.45, 2.75) is 31.3 Å². The van der Waals surface area contributed by atoms with E-state index in [9.17, 15) is 23.6 Å². The number of aromatic amines is 1. The molecule has 7 aromatic rings. The first-order valence-electron chi connectivity index (χ1n) is 19.5. The first-order chi connectivity index (χ1) is 29.5. The number of fused-ring (bicyclic) bond motifs is 5. The number of rotatable bonds is 9. The lowest BCUT2D eigenvalue weighted by Gasteiger charge is -2.20. The van der Waals surface area contributed by atoms with Crippen molar-refractivity contribution in [2.75, 3.05) is 23.8 Å². The molecule has 13 nitrogen and oxygen atoms in total. The minimum Gasteiger partial charge on any atom is -0.454 e. The number of urea groups is 1. The highest BCUT2D eigenvalue weighted by atomic mass is 19.1. The number of hydrogen-bond donors (Lipinski definition) is 3. The molecule has 3 aliphatic rings. The van der Waals surface area contributed by atoms with Gasteiger partial charge < -0.3 is 30.4 Å². The number of carbonyl (C=O) groups excluding carboxylic acids is 4. The van der Waals surface area contributed by atoms with Gasteiger partial charge in [0.25, 0.3) is 5.91 Å². The molecular weight excluding hydrogens is 785 g/mol. The molecule has 0 bridgehead atoms. The summed E-state index contributed by atoms with van der Waals surface area (Å²) in [5, 5.41) is 7.46. The van der Waals surface area contributed by atoms with Crippen molar-refractivity contribution in [1.29, 1.82) is 0 Å². The maximum Gasteiger partial charge on any atom is 0.407 e. The number of nitrogens with zero attached hydrogens (tertiary/aromatic N) is 4. The number of alkyl carbamates (subject to hydrolysis) is 1. The summed E-state index contributed by atoms with van der Waals surface area (Å²) in [4.78, 5) is 59.2. The molecule has 0 unspecified atom stereocenters. The van der Waals surface area contributed by atoms with E-state index in [0.29, 0.717) is 27.9 Å². The predicted octanol–water partition coefficient (Wildman–Crippen LogP) is 7.99. The quantitative estimate of drug-likeness (QED) is 0.0975. The molecule has 4 heterocycles. The Bertz CT molecular complexity index is 2910. The third-order valence-corrected chi connectivity index (χ3v) is 11.6. The van der Waals surface area contributed by atoms with Crippen LogP contribution in [0.3, 0.4) is 0 Å². The molecule has 2 atom stereocenters. The highest BCUT2D eigenvalue weighted by Gasteiger charge is 2.52. The number of nitrogens with one attached hydrogen (secondary N) is 2. The summed E-state index contributed by atoms with van der Waals surface area (Å²) in [5.41, 5.74) is 12.2. The maximum atomic E-state index is 15.7. The molecule has 0 saturated carbocycles. The van der Waals surface area contributed by atoms with Gasteiger partial charge in [-0.2, -0.15) is 5.10 Å². The number of amides is 4. The summed E-state index contributed by atoms with van der Waals surface area (Å²) < 4.78 is 42.6. The first-order valence-corrected chi connectivity index (χ1v) is 19.5. The van der Waals surface area contributed by atoms with E-state index >= 15 is 4.39 Å². The van der Waals surface area contributed by atoms with Crippen molar-refractivity contribution in [3.8, 4) is 28.3 Å². The first kappa shape index (κ1) is 37.5. The third kappa shape index (κ3) is 6.32. The Morgan fingerprint density at radius 3 is 2.33 bits per heavy atom. The molecule has 304 valence electrons. The van der Waals surface area contributed by atoms with Gasteiger partial charge in [-0.1, -0.05) is 60.7 Å². The van der Waals surface area contributed by atoms with Crippen LogP contribution in [0.5, 0.6) is 11.5 Å². The van der Waals surface area contributed by atoms with Crippen LogP contribution in [-0.2, 0) is 9.53 Å². The van der Waals surface area contributed by atoms with Crippen molar-refractivity contribution < 1.29 is 37.4 Å². The highest BCUT2D eigenvalue weighted by molar-refractivity contribution is 6.22. The number of imide groups is 1. The van der Waals surface area contributed by atoms with Crippen LogP contribution >= 0.6 is 0 Å². The number of anilines is 2. The normalized spacial score (nSPS) is 16.8. The fourth-order valence-electron chi connectivity index (χ4n) is 8.67. The summed E-state index contributed by atoms with van der Waals surface area (Å²) in [6.45, 7) is 1.93. The average Bonchev–Trinajstić information content (AvgIpc) is 4.07. The Hall–Kier alpha value is -7.81. The molecule has 2 saturated heterocycles. The van der Waals surface area contributed by atoms with Gasteiger partial charge in [0.2, 0.25) is 5.78 Å². The van der Waals surface area contributed by atoms with E-state index in [-0.39, 0.29) is 54.0 Å². The number of para-hydroxylation sites is 1. The van der Waals surface area contributed by atoms with E-state index in [1.165, 1.54) is 40.0 Å². The molecule has 61 heavy (non-hydrogen) atoms. The Morgan fingerprint density at radius 2 is 1.61 bits per heavy atom. The lowest BCUT2D eigenvalue weighted by atomic mass is 9.98. The van der Waals surface area contributed by atoms with E-state index < -0.39 is 47.5 Å². The van der Waals surface area contributed by atoms with Gasteiger partial charge in [-0.25, -0.2) is 28.0 Å². The molecule has 4 amide bonds. The molecule has 10 rings (SSSR count). The molecule has 15 heteroatoms. The Balaban J connectivity index is 0.805. The minimum absolute atomic E-state index is 0.0289. The van der Waals surface area contributed by atoms with Gasteiger partial charge in [0.15, 0.2) is 11.6 Å². The standard InChI is InChI=1S/C46H35F2N7O6/c1-24-16-27(61-41-13-7-6-12-34(41)47)14-15-38(24)55-43(49)32(21-50-55)42(56)37-18-25-17-35(48)39(20-36(25)52-37)54-44(57)40-19-26(22-53(40)46(54)59)51-45(58)60-23-33-30-10-4-2-8-28(30)29-9-3-5-11-31(29)33/h2-18,20-21,26,33,40,52H,19,22-23,49H2,1H3,(H,51,58)/t26-,40-/m0/s1. The van der Waals surface area contributed by atoms with Crippen LogP contribution in [-0.4, -0.2) is 68.7 Å². The second-order valence-electron chi connectivity index (χ2n) is 15.3. The molecule has 4 N–H and O–H groups in total. The summed E-state index contributed by atoms with van der Waals surface area (Å²) in [6.07, 6.45) is 0.781. The van der Waals surface area contributed by atoms with Crippen molar-refractivity contribution in [1.82, 2.24) is 25.0 Å². The van der Waals surface area contributed by atoms with Gasteiger partial charge in [-0.15, -0.1) is 0 Å². The number of H-pyrrole nitrogens is 1. The second-order valence-corrected chi connectivity index (χ2v) is 15.3. The molecule has 0 radical (unpaired) electrons.